The standard InChI is InChI=1S/C22H28N6OS/c1-3-27-21(18-9-11-23-12-10-18)24-28(22(27)30)17-25-13-15-26(16-14-25)19-7-5-6-8-20(19)29-4-2/h5-12H,3-4,13-17H2,1-2H3. The molecule has 0 radical (unpaired) electrons. The van der Waals surface area contributed by atoms with Gasteiger partial charge in [0.1, 0.15) is 5.75 Å². The minimum Gasteiger partial charge on any atom is -0.492 e. The van der Waals surface area contributed by atoms with Crippen LogP contribution >= 0.6 is 12.2 Å². The minimum atomic E-state index is 0.676. The van der Waals surface area contributed by atoms with E-state index in [1.165, 1.54) is 5.69 Å². The van der Waals surface area contributed by atoms with Crippen molar-refractivity contribution in [2.75, 3.05) is 37.7 Å². The number of piperazine rings is 1. The van der Waals surface area contributed by atoms with E-state index in [0.717, 1.165) is 54.6 Å². The lowest BCUT2D eigenvalue weighted by Crippen LogP contribution is -2.47. The third-order valence-corrected chi connectivity index (χ3v) is 5.82. The molecule has 0 bridgehead atoms. The number of hydrogen-bond acceptors (Lipinski definition) is 6. The molecule has 7 nitrogen and oxygen atoms in total. The second kappa shape index (κ2) is 9.40. The summed E-state index contributed by atoms with van der Waals surface area (Å²) < 4.78 is 10.6. The van der Waals surface area contributed by atoms with Crippen LogP contribution in [0.5, 0.6) is 5.75 Å². The Morgan fingerprint density at radius 1 is 1.00 bits per heavy atom. The van der Waals surface area contributed by atoms with Crippen LogP contribution in [0.1, 0.15) is 13.8 Å². The normalized spacial score (nSPS) is 14.8. The molecule has 1 aliphatic heterocycles. The minimum absolute atomic E-state index is 0.676. The van der Waals surface area contributed by atoms with Crippen molar-refractivity contribution in [2.24, 2.45) is 0 Å². The fourth-order valence-corrected chi connectivity index (χ4v) is 4.16. The highest BCUT2D eigenvalue weighted by molar-refractivity contribution is 7.71. The molecule has 3 aromatic rings. The van der Waals surface area contributed by atoms with Crippen molar-refractivity contribution >= 4 is 17.9 Å². The van der Waals surface area contributed by atoms with E-state index in [2.05, 4.69) is 38.4 Å². The fourth-order valence-electron chi connectivity index (χ4n) is 3.85. The van der Waals surface area contributed by atoms with Crippen molar-refractivity contribution in [1.29, 1.82) is 0 Å². The number of para-hydroxylation sites is 2. The van der Waals surface area contributed by atoms with Crippen LogP contribution in [0.15, 0.2) is 48.8 Å². The summed E-state index contributed by atoms with van der Waals surface area (Å²) in [6.45, 7) is 10.1. The Hall–Kier alpha value is -2.71. The lowest BCUT2D eigenvalue weighted by atomic mass is 10.2. The van der Waals surface area contributed by atoms with Crippen LogP contribution in [0.25, 0.3) is 11.4 Å². The largest absolute Gasteiger partial charge is 0.492 e. The molecule has 3 heterocycles. The van der Waals surface area contributed by atoms with Crippen molar-refractivity contribution in [2.45, 2.75) is 27.1 Å². The smallest absolute Gasteiger partial charge is 0.199 e. The van der Waals surface area contributed by atoms with Gasteiger partial charge in [0.2, 0.25) is 0 Å². The number of pyridine rings is 1. The topological polar surface area (TPSA) is 51.4 Å². The summed E-state index contributed by atoms with van der Waals surface area (Å²) in [6.07, 6.45) is 3.58. The molecule has 1 saturated heterocycles. The predicted molar refractivity (Wildman–Crippen MR) is 121 cm³/mol. The third-order valence-electron chi connectivity index (χ3n) is 5.39. The number of rotatable bonds is 7. The van der Waals surface area contributed by atoms with Crippen LogP contribution in [-0.2, 0) is 13.2 Å². The highest BCUT2D eigenvalue weighted by Crippen LogP contribution is 2.29. The first-order valence-electron chi connectivity index (χ1n) is 10.5. The quantitative estimate of drug-likeness (QED) is 0.540. The van der Waals surface area contributed by atoms with Gasteiger partial charge in [-0.3, -0.25) is 9.88 Å². The van der Waals surface area contributed by atoms with Gasteiger partial charge in [0.25, 0.3) is 0 Å². The Balaban J connectivity index is 1.46. The van der Waals surface area contributed by atoms with Gasteiger partial charge >= 0.3 is 0 Å². The number of anilines is 1. The summed E-state index contributed by atoms with van der Waals surface area (Å²) in [5.41, 5.74) is 2.21. The van der Waals surface area contributed by atoms with Crippen molar-refractivity contribution < 1.29 is 4.74 Å². The Bertz CT molecular complexity index is 1020. The molecule has 0 unspecified atom stereocenters. The van der Waals surface area contributed by atoms with Crippen LogP contribution in [0.3, 0.4) is 0 Å². The Kier molecular flexibility index (Phi) is 6.44. The second-order valence-corrected chi connectivity index (χ2v) is 7.60. The van der Waals surface area contributed by atoms with Gasteiger partial charge in [-0.05, 0) is 50.3 Å². The van der Waals surface area contributed by atoms with E-state index in [9.17, 15) is 0 Å². The van der Waals surface area contributed by atoms with Gasteiger partial charge in [0.15, 0.2) is 10.6 Å². The van der Waals surface area contributed by atoms with Gasteiger partial charge in [-0.1, -0.05) is 12.1 Å². The molecule has 30 heavy (non-hydrogen) atoms. The van der Waals surface area contributed by atoms with Crippen LogP contribution in [0, 0.1) is 4.77 Å². The zero-order valence-corrected chi connectivity index (χ0v) is 18.4. The predicted octanol–water partition coefficient (Wildman–Crippen LogP) is 3.67. The van der Waals surface area contributed by atoms with Gasteiger partial charge in [0.05, 0.1) is 19.0 Å². The molecule has 1 fully saturated rings. The lowest BCUT2D eigenvalue weighted by molar-refractivity contribution is 0.193. The SMILES string of the molecule is CCOc1ccccc1N1CCN(Cn2nc(-c3ccncc3)n(CC)c2=S)CC1. The fraction of sp³-hybridized carbons (Fsp3) is 0.409. The molecule has 1 aromatic carbocycles. The molecule has 8 heteroatoms. The summed E-state index contributed by atoms with van der Waals surface area (Å²) in [5.74, 6) is 1.86. The second-order valence-electron chi connectivity index (χ2n) is 7.23. The third kappa shape index (κ3) is 4.24. The van der Waals surface area contributed by atoms with Gasteiger partial charge in [-0.2, -0.15) is 5.10 Å². The number of benzene rings is 1. The number of ether oxygens (including phenoxy) is 1. The van der Waals surface area contributed by atoms with E-state index in [4.69, 9.17) is 22.1 Å². The maximum atomic E-state index is 5.81. The molecule has 0 aliphatic carbocycles. The lowest BCUT2D eigenvalue weighted by Gasteiger charge is -2.36. The average Bonchev–Trinajstić information content (AvgIpc) is 3.11. The molecule has 158 valence electrons. The first-order valence-corrected chi connectivity index (χ1v) is 10.9. The van der Waals surface area contributed by atoms with E-state index in [1.54, 1.807) is 12.4 Å². The van der Waals surface area contributed by atoms with E-state index < -0.39 is 0 Å². The van der Waals surface area contributed by atoms with Gasteiger partial charge < -0.3 is 14.2 Å². The molecule has 2 aromatic heterocycles. The maximum absolute atomic E-state index is 5.81. The van der Waals surface area contributed by atoms with Crippen LogP contribution in [-0.4, -0.2) is 57.0 Å². The van der Waals surface area contributed by atoms with Crippen molar-refractivity contribution in [3.05, 3.63) is 53.6 Å². The molecular weight excluding hydrogens is 396 g/mol. The molecule has 0 atom stereocenters. The monoisotopic (exact) mass is 424 g/mol. The zero-order valence-electron chi connectivity index (χ0n) is 17.6. The Labute approximate surface area is 182 Å². The molecule has 4 rings (SSSR count). The number of aromatic nitrogens is 4. The van der Waals surface area contributed by atoms with Crippen molar-refractivity contribution in [3.8, 4) is 17.1 Å². The maximum Gasteiger partial charge on any atom is 0.199 e. The molecule has 1 aliphatic rings. The summed E-state index contributed by atoms with van der Waals surface area (Å²) in [7, 11) is 0. The van der Waals surface area contributed by atoms with Crippen molar-refractivity contribution in [1.82, 2.24) is 24.2 Å². The van der Waals surface area contributed by atoms with Crippen LogP contribution in [0.4, 0.5) is 5.69 Å². The van der Waals surface area contributed by atoms with E-state index >= 15 is 0 Å². The Morgan fingerprint density at radius 2 is 1.73 bits per heavy atom. The van der Waals surface area contributed by atoms with E-state index in [-0.39, 0.29) is 0 Å². The highest BCUT2D eigenvalue weighted by atomic mass is 32.1. The molecule has 0 amide bonds. The molecule has 0 saturated carbocycles. The summed E-state index contributed by atoms with van der Waals surface area (Å²) in [4.78, 5) is 8.91. The van der Waals surface area contributed by atoms with Crippen LogP contribution in [0.2, 0.25) is 0 Å². The molecule has 0 N–H and O–H groups in total. The van der Waals surface area contributed by atoms with Gasteiger partial charge in [-0.25, -0.2) is 4.68 Å². The summed E-state index contributed by atoms with van der Waals surface area (Å²) in [5, 5.41) is 4.83. The Morgan fingerprint density at radius 3 is 2.43 bits per heavy atom. The first-order chi connectivity index (χ1) is 14.7. The molecular formula is C22H28N6OS. The zero-order chi connectivity index (χ0) is 20.9. The van der Waals surface area contributed by atoms with Crippen LogP contribution < -0.4 is 9.64 Å². The summed E-state index contributed by atoms with van der Waals surface area (Å²) in [6, 6.07) is 12.2. The number of nitrogens with zero attached hydrogens (tertiary/aromatic N) is 6. The van der Waals surface area contributed by atoms with Gasteiger partial charge in [0, 0.05) is 50.7 Å². The summed E-state index contributed by atoms with van der Waals surface area (Å²) >= 11 is 5.72. The van der Waals surface area contributed by atoms with E-state index in [0.29, 0.717) is 13.3 Å². The van der Waals surface area contributed by atoms with Gasteiger partial charge in [-0.15, -0.1) is 0 Å². The first kappa shape index (κ1) is 20.6. The average molecular weight is 425 g/mol. The van der Waals surface area contributed by atoms with E-state index in [1.807, 2.05) is 35.9 Å². The molecule has 0 spiro atoms. The van der Waals surface area contributed by atoms with Crippen molar-refractivity contribution in [3.63, 3.8) is 0 Å². The number of hydrogen-bond donors (Lipinski definition) is 0. The highest BCUT2D eigenvalue weighted by Gasteiger charge is 2.21.